The van der Waals surface area contributed by atoms with Gasteiger partial charge in [-0.1, -0.05) is 30.3 Å². The Bertz CT molecular complexity index is 584. The quantitative estimate of drug-likeness (QED) is 0.599. The molecule has 0 aliphatic carbocycles. The Labute approximate surface area is 116 Å². The van der Waals surface area contributed by atoms with Crippen LogP contribution in [0.2, 0.25) is 0 Å². The van der Waals surface area contributed by atoms with Gasteiger partial charge in [-0.3, -0.25) is 10.1 Å². The van der Waals surface area contributed by atoms with E-state index in [1.165, 1.54) is 7.11 Å². The highest BCUT2D eigenvalue weighted by Gasteiger charge is 2.09. The molecule has 5 nitrogen and oxygen atoms in total. The molecule has 0 saturated carbocycles. The lowest BCUT2D eigenvalue weighted by Crippen LogP contribution is -2.01. The highest BCUT2D eigenvalue weighted by molar-refractivity contribution is 5.42. The minimum Gasteiger partial charge on any atom is -0.493 e. The third-order valence-corrected chi connectivity index (χ3v) is 2.78. The summed E-state index contributed by atoms with van der Waals surface area (Å²) in [6.07, 6.45) is 0. The summed E-state index contributed by atoms with van der Waals surface area (Å²) in [5.74, 6) is 1.07. The van der Waals surface area contributed by atoms with Crippen LogP contribution < -0.4 is 9.47 Å². The van der Waals surface area contributed by atoms with Crippen molar-refractivity contribution in [1.29, 1.82) is 0 Å². The van der Waals surface area contributed by atoms with E-state index >= 15 is 0 Å². The lowest BCUT2D eigenvalue weighted by molar-refractivity contribution is -0.496. The number of hydrogen-bond acceptors (Lipinski definition) is 4. The molecule has 0 N–H and O–H groups in total. The first kappa shape index (κ1) is 13.9. The molecule has 0 fully saturated rings. The predicted molar refractivity (Wildman–Crippen MR) is 74.5 cm³/mol. The van der Waals surface area contributed by atoms with E-state index in [0.717, 1.165) is 5.56 Å². The van der Waals surface area contributed by atoms with E-state index in [9.17, 15) is 10.1 Å². The van der Waals surface area contributed by atoms with Gasteiger partial charge >= 0.3 is 0 Å². The molecule has 20 heavy (non-hydrogen) atoms. The first-order valence-corrected chi connectivity index (χ1v) is 6.14. The van der Waals surface area contributed by atoms with Crippen LogP contribution in [0, 0.1) is 10.1 Å². The molecular formula is C15H15NO4. The van der Waals surface area contributed by atoms with Crippen LogP contribution in [0.5, 0.6) is 11.5 Å². The van der Waals surface area contributed by atoms with Gasteiger partial charge in [0.05, 0.1) is 7.11 Å². The van der Waals surface area contributed by atoms with Gasteiger partial charge in [0.2, 0.25) is 6.54 Å². The first-order valence-electron chi connectivity index (χ1n) is 6.14. The van der Waals surface area contributed by atoms with Crippen molar-refractivity contribution in [3.8, 4) is 11.5 Å². The monoisotopic (exact) mass is 273 g/mol. The van der Waals surface area contributed by atoms with Crippen molar-refractivity contribution in [1.82, 2.24) is 0 Å². The van der Waals surface area contributed by atoms with Crippen LogP contribution in [-0.2, 0) is 13.2 Å². The molecule has 0 amide bonds. The Balaban J connectivity index is 2.09. The Kier molecular flexibility index (Phi) is 4.55. The van der Waals surface area contributed by atoms with Gasteiger partial charge in [0.25, 0.3) is 0 Å². The summed E-state index contributed by atoms with van der Waals surface area (Å²) >= 11 is 0. The number of methoxy groups -OCH3 is 1. The summed E-state index contributed by atoms with van der Waals surface area (Å²) in [6, 6.07) is 14.7. The minimum atomic E-state index is -0.376. The molecule has 0 radical (unpaired) electrons. The molecule has 5 heteroatoms. The van der Waals surface area contributed by atoms with Gasteiger partial charge in [-0.05, 0) is 23.8 Å². The maximum atomic E-state index is 10.5. The number of rotatable bonds is 6. The van der Waals surface area contributed by atoms with Crippen LogP contribution >= 0.6 is 0 Å². The molecule has 2 rings (SSSR count). The molecule has 0 aromatic heterocycles. The van der Waals surface area contributed by atoms with E-state index in [0.29, 0.717) is 23.7 Å². The molecule has 0 atom stereocenters. The van der Waals surface area contributed by atoms with Gasteiger partial charge in [-0.25, -0.2) is 0 Å². The van der Waals surface area contributed by atoms with Crippen molar-refractivity contribution in [3.63, 3.8) is 0 Å². The lowest BCUT2D eigenvalue weighted by Gasteiger charge is -2.11. The average molecular weight is 273 g/mol. The minimum absolute atomic E-state index is 0.227. The SMILES string of the molecule is COc1cc(C[N+](=O)[O-])ccc1OCc1ccccc1. The van der Waals surface area contributed by atoms with Crippen molar-refractivity contribution in [2.75, 3.05) is 7.11 Å². The van der Waals surface area contributed by atoms with Gasteiger partial charge < -0.3 is 9.47 Å². The summed E-state index contributed by atoms with van der Waals surface area (Å²) in [4.78, 5) is 10.1. The summed E-state index contributed by atoms with van der Waals surface area (Å²) in [6.45, 7) is 0.196. The molecule has 2 aromatic carbocycles. The zero-order valence-electron chi connectivity index (χ0n) is 11.1. The molecule has 0 spiro atoms. The molecule has 0 saturated heterocycles. The topological polar surface area (TPSA) is 61.6 Å². The molecule has 0 bridgehead atoms. The largest absolute Gasteiger partial charge is 0.493 e. The van der Waals surface area contributed by atoms with E-state index < -0.39 is 0 Å². The number of hydrogen-bond donors (Lipinski definition) is 0. The van der Waals surface area contributed by atoms with Crippen molar-refractivity contribution in [3.05, 3.63) is 69.8 Å². The van der Waals surface area contributed by atoms with E-state index in [-0.39, 0.29) is 11.5 Å². The third-order valence-electron chi connectivity index (χ3n) is 2.78. The highest BCUT2D eigenvalue weighted by atomic mass is 16.6. The fraction of sp³-hybridized carbons (Fsp3) is 0.200. The second-order valence-corrected chi connectivity index (χ2v) is 4.25. The predicted octanol–water partition coefficient (Wildman–Crippen LogP) is 3.05. The zero-order chi connectivity index (χ0) is 14.4. The Morgan fingerprint density at radius 3 is 2.45 bits per heavy atom. The maximum Gasteiger partial charge on any atom is 0.229 e. The van der Waals surface area contributed by atoms with Gasteiger partial charge in [0, 0.05) is 10.5 Å². The number of ether oxygens (including phenoxy) is 2. The fourth-order valence-corrected chi connectivity index (χ4v) is 1.81. The van der Waals surface area contributed by atoms with Crippen LogP contribution in [0.25, 0.3) is 0 Å². The second kappa shape index (κ2) is 6.56. The van der Waals surface area contributed by atoms with Crippen molar-refractivity contribution in [2.45, 2.75) is 13.2 Å². The number of nitro groups is 1. The van der Waals surface area contributed by atoms with E-state index in [2.05, 4.69) is 0 Å². The van der Waals surface area contributed by atoms with Crippen LogP contribution in [0.15, 0.2) is 48.5 Å². The summed E-state index contributed by atoms with van der Waals surface area (Å²) in [7, 11) is 1.51. The molecule has 0 aliphatic heterocycles. The Hall–Kier alpha value is -2.56. The van der Waals surface area contributed by atoms with Crippen molar-refractivity contribution < 1.29 is 14.4 Å². The van der Waals surface area contributed by atoms with Crippen molar-refractivity contribution in [2.24, 2.45) is 0 Å². The van der Waals surface area contributed by atoms with Gasteiger partial charge in [-0.15, -0.1) is 0 Å². The van der Waals surface area contributed by atoms with E-state index in [1.54, 1.807) is 18.2 Å². The summed E-state index contributed by atoms with van der Waals surface area (Å²) in [5.41, 5.74) is 1.63. The number of nitrogens with zero attached hydrogens (tertiary/aromatic N) is 1. The normalized spacial score (nSPS) is 10.1. The Morgan fingerprint density at radius 1 is 1.05 bits per heavy atom. The Morgan fingerprint density at radius 2 is 1.80 bits per heavy atom. The lowest BCUT2D eigenvalue weighted by atomic mass is 10.2. The highest BCUT2D eigenvalue weighted by Crippen LogP contribution is 2.29. The molecule has 104 valence electrons. The zero-order valence-corrected chi connectivity index (χ0v) is 11.1. The third kappa shape index (κ3) is 3.71. The number of benzene rings is 2. The molecule has 0 aliphatic rings. The fourth-order valence-electron chi connectivity index (χ4n) is 1.81. The van der Waals surface area contributed by atoms with Crippen LogP contribution in [0.1, 0.15) is 11.1 Å². The smallest absolute Gasteiger partial charge is 0.229 e. The van der Waals surface area contributed by atoms with Gasteiger partial charge in [0.1, 0.15) is 6.61 Å². The maximum absolute atomic E-state index is 10.5. The summed E-state index contributed by atoms with van der Waals surface area (Å²) in [5, 5.41) is 10.5. The molecule has 2 aromatic rings. The first-order chi connectivity index (χ1) is 9.69. The van der Waals surface area contributed by atoms with Gasteiger partial charge in [-0.2, -0.15) is 0 Å². The van der Waals surface area contributed by atoms with Gasteiger partial charge in [0.15, 0.2) is 11.5 Å². The average Bonchev–Trinajstić information content (AvgIpc) is 2.46. The van der Waals surface area contributed by atoms with Crippen molar-refractivity contribution >= 4 is 0 Å². The standard InChI is InChI=1S/C15H15NO4/c1-19-15-9-13(10-16(17)18)7-8-14(15)20-11-12-5-3-2-4-6-12/h2-9H,10-11H2,1H3. The molecule has 0 unspecified atom stereocenters. The summed E-state index contributed by atoms with van der Waals surface area (Å²) < 4.78 is 10.9. The second-order valence-electron chi connectivity index (χ2n) is 4.25. The van der Waals surface area contributed by atoms with E-state index in [1.807, 2.05) is 30.3 Å². The van der Waals surface area contributed by atoms with Crippen LogP contribution in [-0.4, -0.2) is 12.0 Å². The van der Waals surface area contributed by atoms with E-state index in [4.69, 9.17) is 9.47 Å². The molecular weight excluding hydrogens is 258 g/mol. The van der Waals surface area contributed by atoms with Crippen LogP contribution in [0.4, 0.5) is 0 Å². The van der Waals surface area contributed by atoms with Crippen LogP contribution in [0.3, 0.4) is 0 Å². The molecule has 0 heterocycles.